The van der Waals surface area contributed by atoms with Crippen molar-refractivity contribution in [3.8, 4) is 0 Å². The maximum absolute atomic E-state index is 4.43. The lowest BCUT2D eigenvalue weighted by molar-refractivity contribution is 0.917. The molecule has 0 bridgehead atoms. The van der Waals surface area contributed by atoms with Gasteiger partial charge in [-0.25, -0.2) is 4.98 Å². The Hall–Kier alpha value is -2.01. The Bertz CT molecular complexity index is 718. The number of fused-ring (bicyclic) bond motifs is 1. The quantitative estimate of drug-likeness (QED) is 0.746. The highest BCUT2D eigenvalue weighted by atomic mass is 32.2. The van der Waals surface area contributed by atoms with Crippen molar-refractivity contribution in [2.24, 2.45) is 0 Å². The molecule has 2 heterocycles. The summed E-state index contributed by atoms with van der Waals surface area (Å²) in [5.41, 5.74) is 3.10. The van der Waals surface area contributed by atoms with Gasteiger partial charge in [0.15, 0.2) is 5.65 Å². The standard InChI is InChI=1S/C15H16N4S/c1-11-9-15(19-14(18-11)7-8-17-19)16-10-12-3-5-13(20-2)6-4-12/h3-9,16H,10H2,1-2H3. The molecule has 4 nitrogen and oxygen atoms in total. The van der Waals surface area contributed by atoms with Gasteiger partial charge >= 0.3 is 0 Å². The van der Waals surface area contributed by atoms with Gasteiger partial charge in [0, 0.05) is 29.3 Å². The first-order valence-corrected chi connectivity index (χ1v) is 7.67. The molecule has 0 spiro atoms. The maximum Gasteiger partial charge on any atom is 0.157 e. The summed E-state index contributed by atoms with van der Waals surface area (Å²) in [7, 11) is 0. The van der Waals surface area contributed by atoms with Crippen molar-refractivity contribution in [1.29, 1.82) is 0 Å². The average Bonchev–Trinajstić information content (AvgIpc) is 2.93. The van der Waals surface area contributed by atoms with Crippen molar-refractivity contribution in [3.05, 3.63) is 53.9 Å². The molecule has 3 rings (SSSR count). The molecule has 0 aliphatic rings. The maximum atomic E-state index is 4.43. The molecule has 0 atom stereocenters. The Kier molecular flexibility index (Phi) is 3.60. The highest BCUT2D eigenvalue weighted by molar-refractivity contribution is 7.98. The predicted molar refractivity (Wildman–Crippen MR) is 83.3 cm³/mol. The first kappa shape index (κ1) is 13.0. The summed E-state index contributed by atoms with van der Waals surface area (Å²) in [6, 6.07) is 12.5. The Morgan fingerprint density at radius 2 is 2.00 bits per heavy atom. The average molecular weight is 284 g/mol. The third-order valence-corrected chi connectivity index (χ3v) is 3.86. The summed E-state index contributed by atoms with van der Waals surface area (Å²) in [4.78, 5) is 5.71. The van der Waals surface area contributed by atoms with Gasteiger partial charge in [0.1, 0.15) is 5.82 Å². The zero-order valence-corrected chi connectivity index (χ0v) is 12.3. The minimum atomic E-state index is 0.771. The summed E-state index contributed by atoms with van der Waals surface area (Å²) >= 11 is 1.75. The van der Waals surface area contributed by atoms with E-state index in [1.54, 1.807) is 18.0 Å². The van der Waals surface area contributed by atoms with Crippen molar-refractivity contribution in [2.45, 2.75) is 18.4 Å². The number of hydrogen-bond acceptors (Lipinski definition) is 4. The Labute approximate surface area is 122 Å². The number of hydrogen-bond donors (Lipinski definition) is 1. The normalized spacial score (nSPS) is 10.9. The van der Waals surface area contributed by atoms with E-state index in [4.69, 9.17) is 0 Å². The molecule has 0 fully saturated rings. The van der Waals surface area contributed by atoms with Gasteiger partial charge in [-0.3, -0.25) is 0 Å². The fraction of sp³-hybridized carbons (Fsp3) is 0.200. The molecule has 102 valence electrons. The number of aromatic nitrogens is 3. The van der Waals surface area contributed by atoms with Crippen LogP contribution in [-0.4, -0.2) is 20.9 Å². The number of aryl methyl sites for hydroxylation is 1. The number of rotatable bonds is 4. The molecule has 0 saturated heterocycles. The summed E-state index contributed by atoms with van der Waals surface area (Å²) in [5, 5.41) is 7.71. The molecule has 5 heteroatoms. The van der Waals surface area contributed by atoms with Crippen LogP contribution >= 0.6 is 11.8 Å². The topological polar surface area (TPSA) is 42.2 Å². The molecule has 0 aliphatic heterocycles. The van der Waals surface area contributed by atoms with Crippen molar-refractivity contribution < 1.29 is 0 Å². The van der Waals surface area contributed by atoms with E-state index in [0.29, 0.717) is 0 Å². The largest absolute Gasteiger partial charge is 0.366 e. The fourth-order valence-electron chi connectivity index (χ4n) is 2.10. The minimum absolute atomic E-state index is 0.771. The van der Waals surface area contributed by atoms with Gasteiger partial charge in [-0.15, -0.1) is 11.8 Å². The zero-order chi connectivity index (χ0) is 13.9. The van der Waals surface area contributed by atoms with E-state index in [9.17, 15) is 0 Å². The molecule has 2 aromatic heterocycles. The SMILES string of the molecule is CSc1ccc(CNc2cc(C)nc3ccnn23)cc1. The van der Waals surface area contributed by atoms with Crippen LogP contribution in [0.15, 0.2) is 47.5 Å². The lowest BCUT2D eigenvalue weighted by atomic mass is 10.2. The van der Waals surface area contributed by atoms with Crippen LogP contribution in [0, 0.1) is 6.92 Å². The highest BCUT2D eigenvalue weighted by Gasteiger charge is 2.04. The molecule has 0 amide bonds. The van der Waals surface area contributed by atoms with Gasteiger partial charge in [0.2, 0.25) is 0 Å². The minimum Gasteiger partial charge on any atom is -0.366 e. The summed E-state index contributed by atoms with van der Waals surface area (Å²) in [5.74, 6) is 0.964. The van der Waals surface area contributed by atoms with Crippen molar-refractivity contribution >= 4 is 23.2 Å². The van der Waals surface area contributed by atoms with Crippen LogP contribution in [0.5, 0.6) is 0 Å². The molecule has 0 unspecified atom stereocenters. The molecule has 0 aliphatic carbocycles. The van der Waals surface area contributed by atoms with E-state index in [-0.39, 0.29) is 0 Å². The number of anilines is 1. The van der Waals surface area contributed by atoms with Crippen LogP contribution in [0.3, 0.4) is 0 Å². The number of thioether (sulfide) groups is 1. The molecule has 1 aromatic carbocycles. The first-order chi connectivity index (χ1) is 9.76. The molecule has 0 radical (unpaired) electrons. The van der Waals surface area contributed by atoms with Gasteiger partial charge in [-0.1, -0.05) is 12.1 Å². The van der Waals surface area contributed by atoms with Gasteiger partial charge in [0.05, 0.1) is 6.20 Å². The molecule has 3 aromatic rings. The second-order valence-electron chi connectivity index (χ2n) is 4.59. The first-order valence-electron chi connectivity index (χ1n) is 6.44. The Balaban J connectivity index is 1.80. The summed E-state index contributed by atoms with van der Waals surface area (Å²) in [6.07, 6.45) is 3.85. The van der Waals surface area contributed by atoms with Crippen LogP contribution in [0.2, 0.25) is 0 Å². The van der Waals surface area contributed by atoms with E-state index in [1.165, 1.54) is 10.5 Å². The Morgan fingerprint density at radius 3 is 2.75 bits per heavy atom. The highest BCUT2D eigenvalue weighted by Crippen LogP contribution is 2.16. The monoisotopic (exact) mass is 284 g/mol. The van der Waals surface area contributed by atoms with E-state index in [0.717, 1.165) is 23.7 Å². The van der Waals surface area contributed by atoms with E-state index in [1.807, 2.05) is 23.6 Å². The zero-order valence-electron chi connectivity index (χ0n) is 11.5. The lowest BCUT2D eigenvalue weighted by Gasteiger charge is -2.09. The van der Waals surface area contributed by atoms with E-state index < -0.39 is 0 Å². The van der Waals surface area contributed by atoms with Crippen LogP contribution in [-0.2, 0) is 6.54 Å². The molecule has 20 heavy (non-hydrogen) atoms. The van der Waals surface area contributed by atoms with Crippen LogP contribution in [0.4, 0.5) is 5.82 Å². The van der Waals surface area contributed by atoms with Gasteiger partial charge in [0.25, 0.3) is 0 Å². The number of benzene rings is 1. The second kappa shape index (κ2) is 5.54. The van der Waals surface area contributed by atoms with Gasteiger partial charge in [-0.2, -0.15) is 9.61 Å². The van der Waals surface area contributed by atoms with Crippen molar-refractivity contribution in [2.75, 3.05) is 11.6 Å². The summed E-state index contributed by atoms with van der Waals surface area (Å²) in [6.45, 7) is 2.76. The van der Waals surface area contributed by atoms with Crippen molar-refractivity contribution in [1.82, 2.24) is 14.6 Å². The van der Waals surface area contributed by atoms with Crippen molar-refractivity contribution in [3.63, 3.8) is 0 Å². The van der Waals surface area contributed by atoms with Crippen LogP contribution < -0.4 is 5.32 Å². The van der Waals surface area contributed by atoms with Crippen LogP contribution in [0.1, 0.15) is 11.3 Å². The Morgan fingerprint density at radius 1 is 1.20 bits per heavy atom. The van der Waals surface area contributed by atoms with E-state index >= 15 is 0 Å². The lowest BCUT2D eigenvalue weighted by Crippen LogP contribution is -2.06. The van der Waals surface area contributed by atoms with Crippen LogP contribution in [0.25, 0.3) is 5.65 Å². The van der Waals surface area contributed by atoms with Gasteiger partial charge < -0.3 is 5.32 Å². The molecule has 1 N–H and O–H groups in total. The fourth-order valence-corrected chi connectivity index (χ4v) is 2.51. The molecule has 0 saturated carbocycles. The predicted octanol–water partition coefficient (Wildman–Crippen LogP) is 3.37. The summed E-state index contributed by atoms with van der Waals surface area (Å²) < 4.78 is 1.82. The molecular weight excluding hydrogens is 268 g/mol. The third-order valence-electron chi connectivity index (χ3n) is 3.12. The van der Waals surface area contributed by atoms with Gasteiger partial charge in [-0.05, 0) is 30.9 Å². The number of nitrogens with zero attached hydrogens (tertiary/aromatic N) is 3. The third kappa shape index (κ3) is 2.63. The molecular formula is C15H16N4S. The smallest absolute Gasteiger partial charge is 0.157 e. The second-order valence-corrected chi connectivity index (χ2v) is 5.47. The number of nitrogens with one attached hydrogen (secondary N) is 1. The van der Waals surface area contributed by atoms with E-state index in [2.05, 4.69) is 45.9 Å².